The van der Waals surface area contributed by atoms with Crippen molar-refractivity contribution in [1.82, 2.24) is 9.97 Å². The number of hydrogen-bond donors (Lipinski definition) is 0. The van der Waals surface area contributed by atoms with Crippen molar-refractivity contribution in [1.29, 1.82) is 0 Å². The van der Waals surface area contributed by atoms with Crippen LogP contribution in [0.2, 0.25) is 0 Å². The Hall–Kier alpha value is -0.920. The number of rotatable bonds is 4. The van der Waals surface area contributed by atoms with Crippen LogP contribution in [0.15, 0.2) is 0 Å². The number of carbonyl (C=O) groups is 2. The molecular weight excluding hydrogens is 396 g/mol. The second-order valence-corrected chi connectivity index (χ2v) is 8.83. The lowest BCUT2D eigenvalue weighted by molar-refractivity contribution is 0.0986. The van der Waals surface area contributed by atoms with E-state index >= 15 is 0 Å². The molecule has 2 rings (SSSR count). The SMILES string of the molecule is CCC(=O)c1sc(C)nc1C.Cc1nc(C)c(C(=O)C(C)Br)s1. The molecule has 0 N–H and O–H groups in total. The minimum atomic E-state index is -0.115. The fourth-order valence-corrected chi connectivity index (χ4v) is 4.15. The fraction of sp³-hybridized carbons (Fsp3) is 0.500. The molecule has 126 valence electrons. The maximum atomic E-state index is 11.5. The third-order valence-electron chi connectivity index (χ3n) is 2.97. The second-order valence-electron chi connectivity index (χ2n) is 5.05. The number of hydrogen-bond acceptors (Lipinski definition) is 6. The normalized spacial score (nSPS) is 11.6. The standard InChI is InChI=1S/C8H10BrNOS.C8H11NOS/c1-4(9)7(11)8-5(2)10-6(3)12-8;1-4-7(10)8-5(2)9-6(3)11-8/h4H,1-3H3;4H2,1-3H3. The number of Topliss-reactive ketones (excluding diaryl/α,β-unsaturated/α-hetero) is 2. The summed E-state index contributed by atoms with van der Waals surface area (Å²) in [5.74, 6) is 0.325. The van der Waals surface area contributed by atoms with E-state index in [0.717, 1.165) is 31.2 Å². The Morgan fingerprint density at radius 2 is 1.43 bits per heavy atom. The summed E-state index contributed by atoms with van der Waals surface area (Å²) in [6.07, 6.45) is 0.572. The molecule has 0 spiro atoms. The van der Waals surface area contributed by atoms with Crippen molar-refractivity contribution in [2.45, 2.75) is 52.8 Å². The van der Waals surface area contributed by atoms with Crippen molar-refractivity contribution >= 4 is 50.2 Å². The van der Waals surface area contributed by atoms with Gasteiger partial charge in [0.25, 0.3) is 0 Å². The van der Waals surface area contributed by atoms with Crippen molar-refractivity contribution in [3.05, 3.63) is 31.2 Å². The van der Waals surface area contributed by atoms with Crippen LogP contribution in [0.4, 0.5) is 0 Å². The molecule has 0 bridgehead atoms. The van der Waals surface area contributed by atoms with Crippen LogP contribution in [-0.2, 0) is 0 Å². The van der Waals surface area contributed by atoms with Crippen LogP contribution in [0.1, 0.15) is 61.0 Å². The quantitative estimate of drug-likeness (QED) is 0.514. The first-order chi connectivity index (χ1) is 10.7. The summed E-state index contributed by atoms with van der Waals surface area (Å²) >= 11 is 6.20. The minimum Gasteiger partial charge on any atom is -0.293 e. The second kappa shape index (κ2) is 8.80. The van der Waals surface area contributed by atoms with E-state index in [1.54, 1.807) is 0 Å². The molecule has 4 nitrogen and oxygen atoms in total. The lowest BCUT2D eigenvalue weighted by atomic mass is 10.2. The van der Waals surface area contributed by atoms with Gasteiger partial charge in [-0.05, 0) is 34.6 Å². The van der Waals surface area contributed by atoms with Crippen LogP contribution in [0, 0.1) is 27.7 Å². The predicted octanol–water partition coefficient (Wildman–Crippen LogP) is 5.08. The van der Waals surface area contributed by atoms with E-state index in [0.29, 0.717) is 6.42 Å². The molecule has 0 radical (unpaired) electrons. The molecule has 2 aromatic heterocycles. The molecule has 0 saturated heterocycles. The summed E-state index contributed by atoms with van der Waals surface area (Å²) in [5, 5.41) is 1.92. The lowest BCUT2D eigenvalue weighted by Crippen LogP contribution is -2.09. The number of aryl methyl sites for hydroxylation is 4. The summed E-state index contributed by atoms with van der Waals surface area (Å²) in [5.41, 5.74) is 1.72. The first-order valence-electron chi connectivity index (χ1n) is 7.26. The zero-order valence-electron chi connectivity index (χ0n) is 14.2. The first-order valence-corrected chi connectivity index (χ1v) is 9.81. The van der Waals surface area contributed by atoms with Crippen LogP contribution < -0.4 is 0 Å². The molecule has 0 aliphatic rings. The van der Waals surface area contributed by atoms with Crippen molar-refractivity contribution in [2.75, 3.05) is 0 Å². The molecule has 7 heteroatoms. The molecule has 2 aromatic rings. The maximum Gasteiger partial charge on any atom is 0.187 e. The highest BCUT2D eigenvalue weighted by molar-refractivity contribution is 9.10. The van der Waals surface area contributed by atoms with E-state index < -0.39 is 0 Å². The number of thiazole rings is 2. The van der Waals surface area contributed by atoms with Gasteiger partial charge in [0.05, 0.1) is 36.0 Å². The molecule has 1 unspecified atom stereocenters. The minimum absolute atomic E-state index is 0.115. The van der Waals surface area contributed by atoms with E-state index in [2.05, 4.69) is 25.9 Å². The van der Waals surface area contributed by atoms with Gasteiger partial charge in [0.2, 0.25) is 0 Å². The van der Waals surface area contributed by atoms with E-state index in [9.17, 15) is 9.59 Å². The Balaban J connectivity index is 0.000000231. The summed E-state index contributed by atoms with van der Waals surface area (Å²) in [7, 11) is 0. The Labute approximate surface area is 153 Å². The van der Waals surface area contributed by atoms with Crippen molar-refractivity contribution in [3.63, 3.8) is 0 Å². The monoisotopic (exact) mass is 416 g/mol. The van der Waals surface area contributed by atoms with Gasteiger partial charge in [-0.3, -0.25) is 9.59 Å². The van der Waals surface area contributed by atoms with E-state index in [1.807, 2.05) is 41.5 Å². The van der Waals surface area contributed by atoms with Crippen molar-refractivity contribution in [2.24, 2.45) is 0 Å². The van der Waals surface area contributed by atoms with E-state index in [-0.39, 0.29) is 16.4 Å². The summed E-state index contributed by atoms with van der Waals surface area (Å²) in [6.45, 7) is 11.3. The largest absolute Gasteiger partial charge is 0.293 e. The molecule has 0 aliphatic carbocycles. The smallest absolute Gasteiger partial charge is 0.187 e. The average Bonchev–Trinajstić information content (AvgIpc) is 2.99. The number of nitrogens with zero attached hydrogens (tertiary/aromatic N) is 2. The predicted molar refractivity (Wildman–Crippen MR) is 101 cm³/mol. The van der Waals surface area contributed by atoms with Gasteiger partial charge < -0.3 is 0 Å². The first kappa shape index (κ1) is 20.1. The molecule has 23 heavy (non-hydrogen) atoms. The van der Waals surface area contributed by atoms with Crippen LogP contribution in [0.25, 0.3) is 0 Å². The topological polar surface area (TPSA) is 59.9 Å². The fourth-order valence-electron chi connectivity index (χ4n) is 1.89. The molecule has 0 aromatic carbocycles. The molecule has 0 saturated carbocycles. The Kier molecular flexibility index (Phi) is 7.70. The molecule has 2 heterocycles. The molecular formula is C16H21BrN2O2S2. The van der Waals surface area contributed by atoms with Crippen molar-refractivity contribution < 1.29 is 9.59 Å². The van der Waals surface area contributed by atoms with Gasteiger partial charge in [0.1, 0.15) is 0 Å². The Bertz CT molecular complexity index is 705. The van der Waals surface area contributed by atoms with Crippen LogP contribution in [-0.4, -0.2) is 26.4 Å². The molecule has 1 atom stereocenters. The number of carbonyl (C=O) groups excluding carboxylic acids is 2. The number of aromatic nitrogens is 2. The highest BCUT2D eigenvalue weighted by Crippen LogP contribution is 2.21. The summed E-state index contributed by atoms with van der Waals surface area (Å²) < 4.78 is 0. The maximum absolute atomic E-state index is 11.5. The van der Waals surface area contributed by atoms with Gasteiger partial charge in [0, 0.05) is 6.42 Å². The average molecular weight is 417 g/mol. The van der Waals surface area contributed by atoms with Gasteiger partial charge >= 0.3 is 0 Å². The number of ketones is 2. The highest BCUT2D eigenvalue weighted by Gasteiger charge is 2.17. The van der Waals surface area contributed by atoms with Crippen molar-refractivity contribution in [3.8, 4) is 0 Å². The van der Waals surface area contributed by atoms with Crippen LogP contribution in [0.5, 0.6) is 0 Å². The molecule has 0 fully saturated rings. The Morgan fingerprint density at radius 3 is 1.74 bits per heavy atom. The Morgan fingerprint density at radius 1 is 1.00 bits per heavy atom. The third-order valence-corrected chi connectivity index (χ3v) is 5.58. The van der Waals surface area contributed by atoms with Crippen LogP contribution in [0.3, 0.4) is 0 Å². The van der Waals surface area contributed by atoms with Gasteiger partial charge in [0.15, 0.2) is 11.6 Å². The van der Waals surface area contributed by atoms with Gasteiger partial charge in [-0.1, -0.05) is 22.9 Å². The number of halogens is 1. The zero-order chi connectivity index (χ0) is 17.7. The van der Waals surface area contributed by atoms with Gasteiger partial charge in [-0.2, -0.15) is 0 Å². The lowest BCUT2D eigenvalue weighted by Gasteiger charge is -1.98. The molecule has 0 aliphatic heterocycles. The summed E-state index contributed by atoms with van der Waals surface area (Å²) in [4.78, 5) is 32.6. The van der Waals surface area contributed by atoms with Gasteiger partial charge in [-0.15, -0.1) is 22.7 Å². The third kappa shape index (κ3) is 5.58. The highest BCUT2D eigenvalue weighted by atomic mass is 79.9. The summed E-state index contributed by atoms with van der Waals surface area (Å²) in [6, 6.07) is 0. The van der Waals surface area contributed by atoms with Gasteiger partial charge in [-0.25, -0.2) is 9.97 Å². The zero-order valence-corrected chi connectivity index (χ0v) is 17.4. The van der Waals surface area contributed by atoms with E-state index in [4.69, 9.17) is 0 Å². The number of alkyl halides is 1. The van der Waals surface area contributed by atoms with Crippen LogP contribution >= 0.6 is 38.6 Å². The molecule has 0 amide bonds. The van der Waals surface area contributed by atoms with E-state index in [1.165, 1.54) is 22.7 Å².